The number of carbonyl (C=O) groups is 7. The number of carbonyl (C=O) groups excluding carboxylic acids is 7. The summed E-state index contributed by atoms with van der Waals surface area (Å²) in [4.78, 5) is 92.8. The zero-order chi connectivity index (χ0) is 47.0. The lowest BCUT2D eigenvalue weighted by Gasteiger charge is -2.37. The molecule has 7 amide bonds. The van der Waals surface area contributed by atoms with Gasteiger partial charge in [0.2, 0.25) is 39.6 Å². The van der Waals surface area contributed by atoms with Gasteiger partial charge < -0.3 is 26.0 Å². The van der Waals surface area contributed by atoms with Crippen molar-refractivity contribution in [3.05, 3.63) is 64.7 Å². The van der Waals surface area contributed by atoms with Gasteiger partial charge in [-0.05, 0) is 93.2 Å². The zero-order valence-corrected chi connectivity index (χ0v) is 39.2. The Hall–Kier alpha value is -4.93. The van der Waals surface area contributed by atoms with Crippen molar-refractivity contribution in [3.63, 3.8) is 0 Å². The van der Waals surface area contributed by atoms with E-state index in [1.807, 2.05) is 0 Å². The number of nitrogens with one attached hydrogen (secondary N) is 6. The summed E-state index contributed by atoms with van der Waals surface area (Å²) < 4.78 is 30.9. The van der Waals surface area contributed by atoms with Gasteiger partial charge in [-0.1, -0.05) is 24.3 Å². The van der Waals surface area contributed by atoms with Crippen LogP contribution in [0, 0.1) is 11.3 Å². The van der Waals surface area contributed by atoms with Crippen LogP contribution >= 0.6 is 11.8 Å². The molecule has 7 aliphatic rings. The van der Waals surface area contributed by atoms with E-state index >= 15 is 0 Å². The molecule has 6 atom stereocenters. The normalized spacial score (nSPS) is 27.9. The lowest BCUT2D eigenvalue weighted by Crippen LogP contribution is -2.54. The summed E-state index contributed by atoms with van der Waals surface area (Å²) in [5.74, 6) is -1.68. The smallest absolute Gasteiger partial charge is 0.262 e. The van der Waals surface area contributed by atoms with Gasteiger partial charge in [-0.15, -0.1) is 11.8 Å². The van der Waals surface area contributed by atoms with Crippen LogP contribution in [-0.4, -0.2) is 152 Å². The maximum Gasteiger partial charge on any atom is 0.262 e. The third-order valence-corrected chi connectivity index (χ3v) is 17.0. The number of thioether (sulfide) groups is 1. The number of imide groups is 2. The van der Waals surface area contributed by atoms with Crippen molar-refractivity contribution in [2.75, 3.05) is 64.4 Å². The third-order valence-electron chi connectivity index (χ3n) is 14.6. The molecule has 5 saturated heterocycles. The minimum atomic E-state index is -3.36. The van der Waals surface area contributed by atoms with Gasteiger partial charge in [0, 0.05) is 63.0 Å². The predicted octanol–water partition coefficient (Wildman–Crippen LogP) is 0.538. The fraction of sp³-hybridized carbons (Fsp3) is 0.587. The molecule has 67 heavy (non-hydrogen) atoms. The Labute approximate surface area is 394 Å². The highest BCUT2D eigenvalue weighted by atomic mass is 32.2. The van der Waals surface area contributed by atoms with Crippen molar-refractivity contribution in [1.82, 2.24) is 46.0 Å². The van der Waals surface area contributed by atoms with Crippen LogP contribution in [0.3, 0.4) is 0 Å². The van der Waals surface area contributed by atoms with Crippen LogP contribution in [0.4, 0.5) is 0 Å². The highest BCUT2D eigenvalue weighted by Crippen LogP contribution is 2.52. The Morgan fingerprint density at radius 1 is 0.910 bits per heavy atom. The lowest BCUT2D eigenvalue weighted by molar-refractivity contribution is -0.136. The van der Waals surface area contributed by atoms with E-state index in [1.54, 1.807) is 23.9 Å². The summed E-state index contributed by atoms with van der Waals surface area (Å²) in [5.41, 5.74) is 2.03. The average Bonchev–Trinajstić information content (AvgIpc) is 3.60. The van der Waals surface area contributed by atoms with Gasteiger partial charge in [-0.3, -0.25) is 54.0 Å². The molecule has 0 spiro atoms. The Morgan fingerprint density at radius 2 is 1.69 bits per heavy atom. The van der Waals surface area contributed by atoms with E-state index in [2.05, 4.69) is 61.1 Å². The molecule has 6 heterocycles. The minimum Gasteiger partial charge on any atom is -0.492 e. The first-order chi connectivity index (χ1) is 32.1. The standard InChI is InChI=1S/C46H59N9O10S2/c1-67(63,64)54-18-10-30(25-54)40(58)48-24-39(57)52-45-50-35(26-66-45)29-4-2-3-27(21-29)28-9-15-47-37(22-28)46(13-14-46)44(62)49-31-11-16-53(17-12-31)19-20-65-32-5-6-33-34(23-32)43(61)55(42(33)60)36-7-8-38(56)51-41(36)59/h2-6,21,23,28,30-31,35-37,45,47,50H,7-20,22,24-26H2,1H3,(H,48,58)(H,49,62)(H,52,57)(H,51,56,59). The number of fused-ring (bicyclic) bond motifs is 1. The summed E-state index contributed by atoms with van der Waals surface area (Å²) in [6.07, 6.45) is 6.91. The summed E-state index contributed by atoms with van der Waals surface area (Å²) in [6, 6.07) is 12.5. The number of hydrogen-bond acceptors (Lipinski definition) is 14. The van der Waals surface area contributed by atoms with Crippen molar-refractivity contribution in [2.45, 2.75) is 93.4 Å². The Balaban J connectivity index is 0.695. The summed E-state index contributed by atoms with van der Waals surface area (Å²) in [7, 11) is -3.36. The molecule has 0 aromatic heterocycles. The summed E-state index contributed by atoms with van der Waals surface area (Å²) >= 11 is 1.59. The average molecular weight is 962 g/mol. The van der Waals surface area contributed by atoms with E-state index in [-0.39, 0.29) is 78.4 Å². The maximum atomic E-state index is 14.0. The van der Waals surface area contributed by atoms with Gasteiger partial charge in [0.1, 0.15) is 23.9 Å². The van der Waals surface area contributed by atoms with Gasteiger partial charge in [0.05, 0.1) is 35.3 Å². The molecule has 21 heteroatoms. The molecule has 9 rings (SSSR count). The Morgan fingerprint density at radius 3 is 2.43 bits per heavy atom. The molecule has 0 radical (unpaired) electrons. The predicted molar refractivity (Wildman–Crippen MR) is 246 cm³/mol. The van der Waals surface area contributed by atoms with Gasteiger partial charge in [0.25, 0.3) is 11.8 Å². The third kappa shape index (κ3) is 10.4. The van der Waals surface area contributed by atoms with Crippen molar-refractivity contribution in [1.29, 1.82) is 0 Å². The fourth-order valence-electron chi connectivity index (χ4n) is 10.5. The molecule has 6 N–H and O–H groups in total. The number of nitrogens with zero attached hydrogens (tertiary/aromatic N) is 3. The zero-order valence-electron chi connectivity index (χ0n) is 37.6. The molecule has 1 saturated carbocycles. The lowest BCUT2D eigenvalue weighted by atomic mass is 9.79. The van der Waals surface area contributed by atoms with E-state index in [4.69, 9.17) is 4.74 Å². The molecule has 2 aromatic rings. The second-order valence-corrected chi connectivity index (χ2v) is 22.1. The highest BCUT2D eigenvalue weighted by molar-refractivity contribution is 8.00. The summed E-state index contributed by atoms with van der Waals surface area (Å²) in [5, 5.41) is 18.4. The molecule has 360 valence electrons. The van der Waals surface area contributed by atoms with Crippen LogP contribution in [0.25, 0.3) is 0 Å². The van der Waals surface area contributed by atoms with Gasteiger partial charge in [-0.25, -0.2) is 12.7 Å². The first-order valence-corrected chi connectivity index (χ1v) is 26.3. The molecule has 1 aliphatic carbocycles. The highest BCUT2D eigenvalue weighted by Gasteiger charge is 2.56. The van der Waals surface area contributed by atoms with Gasteiger partial charge in [0.15, 0.2) is 0 Å². The number of likely N-dealkylation sites (tertiary alicyclic amines) is 1. The molecule has 2 aromatic carbocycles. The monoisotopic (exact) mass is 961 g/mol. The molecule has 0 bridgehead atoms. The van der Waals surface area contributed by atoms with Crippen LogP contribution < -0.4 is 36.6 Å². The van der Waals surface area contributed by atoms with E-state index in [0.717, 1.165) is 80.6 Å². The van der Waals surface area contributed by atoms with Crippen molar-refractivity contribution in [3.8, 4) is 5.75 Å². The number of rotatable bonds is 15. The fourth-order valence-corrected chi connectivity index (χ4v) is 12.5. The van der Waals surface area contributed by atoms with Crippen LogP contribution in [-0.2, 0) is 34.0 Å². The van der Waals surface area contributed by atoms with E-state index in [0.29, 0.717) is 37.8 Å². The molecular formula is C46H59N9O10S2. The second-order valence-electron chi connectivity index (χ2n) is 19.0. The maximum absolute atomic E-state index is 14.0. The first-order valence-electron chi connectivity index (χ1n) is 23.4. The number of amides is 7. The quantitative estimate of drug-likeness (QED) is 0.134. The molecule has 6 aliphatic heterocycles. The number of sulfonamides is 1. The second kappa shape index (κ2) is 19.6. The van der Waals surface area contributed by atoms with Crippen LogP contribution in [0.2, 0.25) is 0 Å². The largest absolute Gasteiger partial charge is 0.492 e. The van der Waals surface area contributed by atoms with Crippen molar-refractivity contribution >= 4 is 63.1 Å². The SMILES string of the molecule is CS(=O)(=O)N1CCC(C(=O)NCC(=O)NC2NC(c3cccc(C4CCNC(C5(C(=O)NC6CCN(CCOc7ccc8c(c7)C(=O)N(C7CCC(=O)NC7=O)C8=O)CC6)CC5)C4)c3)CS2)C1. The van der Waals surface area contributed by atoms with Crippen molar-refractivity contribution < 1.29 is 46.7 Å². The number of hydrogen-bond donors (Lipinski definition) is 6. The minimum absolute atomic E-state index is 0.0219. The van der Waals surface area contributed by atoms with E-state index < -0.39 is 51.0 Å². The topological polar surface area (TPSA) is 245 Å². The summed E-state index contributed by atoms with van der Waals surface area (Å²) in [6.45, 7) is 3.68. The Kier molecular flexibility index (Phi) is 13.8. The molecule has 6 unspecified atom stereocenters. The van der Waals surface area contributed by atoms with Crippen LogP contribution in [0.5, 0.6) is 5.75 Å². The van der Waals surface area contributed by atoms with E-state index in [9.17, 15) is 42.0 Å². The number of ether oxygens (including phenoxy) is 1. The van der Waals surface area contributed by atoms with Gasteiger partial charge >= 0.3 is 0 Å². The number of benzene rings is 2. The first kappa shape index (κ1) is 47.1. The molecular weight excluding hydrogens is 903 g/mol. The van der Waals surface area contributed by atoms with E-state index in [1.165, 1.54) is 15.9 Å². The van der Waals surface area contributed by atoms with Gasteiger partial charge in [-0.2, -0.15) is 0 Å². The molecule has 19 nitrogen and oxygen atoms in total. The van der Waals surface area contributed by atoms with Crippen LogP contribution in [0.15, 0.2) is 42.5 Å². The van der Waals surface area contributed by atoms with Crippen LogP contribution in [0.1, 0.15) is 102 Å². The molecule has 6 fully saturated rings. The van der Waals surface area contributed by atoms with Crippen molar-refractivity contribution in [2.24, 2.45) is 11.3 Å². The number of piperidine rings is 3. The Bertz CT molecular complexity index is 2430.